The molecule has 0 spiro atoms. The molecule has 1 unspecified atom stereocenters. The van der Waals surface area contributed by atoms with Gasteiger partial charge in [-0.25, -0.2) is 9.48 Å². The number of anilines is 1. The molecule has 0 bridgehead atoms. The first-order chi connectivity index (χ1) is 15.4. The SMILES string of the molecule is CCCCSc1nc2n(n1)C(c1ccc(OC(C)C)c(OC)c1)C(C(=O)OCC)=C(C)N2. The van der Waals surface area contributed by atoms with E-state index in [-0.39, 0.29) is 18.7 Å². The van der Waals surface area contributed by atoms with Gasteiger partial charge in [-0.3, -0.25) is 0 Å². The van der Waals surface area contributed by atoms with Crippen molar-refractivity contribution in [3.63, 3.8) is 0 Å². The zero-order valence-electron chi connectivity index (χ0n) is 19.6. The number of carbonyl (C=O) groups is 1. The maximum absolute atomic E-state index is 12.9. The largest absolute Gasteiger partial charge is 0.493 e. The quantitative estimate of drug-likeness (QED) is 0.307. The highest BCUT2D eigenvalue weighted by molar-refractivity contribution is 7.99. The van der Waals surface area contributed by atoms with Gasteiger partial charge in [0.15, 0.2) is 11.5 Å². The van der Waals surface area contributed by atoms with Crippen LogP contribution >= 0.6 is 11.8 Å². The number of ether oxygens (including phenoxy) is 3. The van der Waals surface area contributed by atoms with Crippen molar-refractivity contribution in [3.05, 3.63) is 35.0 Å². The molecular formula is C23H32N4O4S. The number of aromatic nitrogens is 3. The average Bonchev–Trinajstić information content (AvgIpc) is 3.15. The lowest BCUT2D eigenvalue weighted by atomic mass is 9.95. The van der Waals surface area contributed by atoms with Crippen molar-refractivity contribution in [2.75, 3.05) is 24.8 Å². The summed E-state index contributed by atoms with van der Waals surface area (Å²) in [7, 11) is 1.60. The number of hydrogen-bond donors (Lipinski definition) is 1. The van der Waals surface area contributed by atoms with Crippen molar-refractivity contribution in [1.82, 2.24) is 14.8 Å². The molecule has 2 aromatic rings. The fourth-order valence-corrected chi connectivity index (χ4v) is 4.40. The molecule has 32 heavy (non-hydrogen) atoms. The normalized spacial score (nSPS) is 15.4. The third-order valence-corrected chi connectivity index (χ3v) is 5.85. The minimum Gasteiger partial charge on any atom is -0.493 e. The fourth-order valence-electron chi connectivity index (χ4n) is 3.49. The van der Waals surface area contributed by atoms with E-state index in [1.165, 1.54) is 0 Å². The molecule has 0 amide bonds. The van der Waals surface area contributed by atoms with Gasteiger partial charge in [-0.2, -0.15) is 4.98 Å². The predicted molar refractivity (Wildman–Crippen MR) is 126 cm³/mol. The van der Waals surface area contributed by atoms with E-state index in [2.05, 4.69) is 17.2 Å². The number of carbonyl (C=O) groups excluding carboxylic acids is 1. The summed E-state index contributed by atoms with van der Waals surface area (Å²) in [5.74, 6) is 2.39. The average molecular weight is 461 g/mol. The summed E-state index contributed by atoms with van der Waals surface area (Å²) < 4.78 is 18.6. The van der Waals surface area contributed by atoms with Crippen LogP contribution in [-0.4, -0.2) is 46.3 Å². The smallest absolute Gasteiger partial charge is 0.338 e. The van der Waals surface area contributed by atoms with Crippen molar-refractivity contribution in [3.8, 4) is 11.5 Å². The molecule has 3 rings (SSSR count). The van der Waals surface area contributed by atoms with Crippen LogP contribution in [0.5, 0.6) is 11.5 Å². The number of esters is 1. The standard InChI is InChI=1S/C23H32N4O4S/c1-7-9-12-32-23-25-22-24-15(5)19(21(28)30-8-2)20(27(22)26-23)16-10-11-17(31-14(3)4)18(13-16)29-6/h10-11,13-14,20H,7-9,12H2,1-6H3,(H,24,25,26). The van der Waals surface area contributed by atoms with Crippen LogP contribution in [0.3, 0.4) is 0 Å². The van der Waals surface area contributed by atoms with Crippen LogP contribution in [0, 0.1) is 0 Å². The summed E-state index contributed by atoms with van der Waals surface area (Å²) in [4.78, 5) is 17.6. The van der Waals surface area contributed by atoms with E-state index in [9.17, 15) is 4.79 Å². The molecule has 1 aromatic heterocycles. The van der Waals surface area contributed by atoms with Gasteiger partial charge in [0.1, 0.15) is 6.04 Å². The Kier molecular flexibility index (Phi) is 8.06. The molecule has 0 aliphatic carbocycles. The Hall–Kier alpha value is -2.68. The Bertz CT molecular complexity index is 986. The predicted octanol–water partition coefficient (Wildman–Crippen LogP) is 4.82. The molecule has 1 atom stereocenters. The van der Waals surface area contributed by atoms with Crippen LogP contribution in [-0.2, 0) is 9.53 Å². The van der Waals surface area contributed by atoms with E-state index in [0.717, 1.165) is 24.2 Å². The van der Waals surface area contributed by atoms with E-state index < -0.39 is 6.04 Å². The Morgan fingerprint density at radius 1 is 1.28 bits per heavy atom. The van der Waals surface area contributed by atoms with Crippen LogP contribution in [0.4, 0.5) is 5.95 Å². The van der Waals surface area contributed by atoms with E-state index in [0.29, 0.717) is 33.9 Å². The number of fused-ring (bicyclic) bond motifs is 1. The van der Waals surface area contributed by atoms with E-state index in [1.807, 2.05) is 39.0 Å². The van der Waals surface area contributed by atoms with E-state index in [4.69, 9.17) is 19.3 Å². The zero-order valence-corrected chi connectivity index (χ0v) is 20.4. The summed E-state index contributed by atoms with van der Waals surface area (Å²) in [5.41, 5.74) is 2.02. The summed E-state index contributed by atoms with van der Waals surface area (Å²) >= 11 is 1.61. The number of allylic oxidation sites excluding steroid dienone is 1. The van der Waals surface area contributed by atoms with Gasteiger partial charge in [0.2, 0.25) is 11.1 Å². The van der Waals surface area contributed by atoms with Crippen molar-refractivity contribution in [2.45, 2.75) is 64.8 Å². The number of rotatable bonds is 10. The van der Waals surface area contributed by atoms with E-state index >= 15 is 0 Å². The number of hydrogen-bond acceptors (Lipinski definition) is 8. The topological polar surface area (TPSA) is 87.5 Å². The zero-order chi connectivity index (χ0) is 23.3. The monoisotopic (exact) mass is 460 g/mol. The van der Waals surface area contributed by atoms with Gasteiger partial charge in [-0.05, 0) is 51.8 Å². The van der Waals surface area contributed by atoms with Crippen LogP contribution in [0.2, 0.25) is 0 Å². The minimum atomic E-state index is -0.500. The molecule has 0 saturated heterocycles. The molecule has 8 nitrogen and oxygen atoms in total. The lowest BCUT2D eigenvalue weighted by Gasteiger charge is -2.28. The number of benzene rings is 1. The van der Waals surface area contributed by atoms with Crippen molar-refractivity contribution >= 4 is 23.7 Å². The first-order valence-corrected chi connectivity index (χ1v) is 12.0. The second-order valence-electron chi connectivity index (χ2n) is 7.73. The number of unbranched alkanes of at least 4 members (excludes halogenated alkanes) is 1. The first-order valence-electron chi connectivity index (χ1n) is 11.0. The minimum absolute atomic E-state index is 0.00971. The first kappa shape index (κ1) is 24.0. The molecule has 0 saturated carbocycles. The highest BCUT2D eigenvalue weighted by atomic mass is 32.2. The molecule has 0 radical (unpaired) electrons. The molecular weight excluding hydrogens is 428 g/mol. The molecule has 1 N–H and O–H groups in total. The Morgan fingerprint density at radius 2 is 2.06 bits per heavy atom. The second kappa shape index (κ2) is 10.8. The molecule has 1 aromatic carbocycles. The summed E-state index contributed by atoms with van der Waals surface area (Å²) in [6, 6.07) is 5.18. The molecule has 0 fully saturated rings. The van der Waals surface area contributed by atoms with Gasteiger partial charge in [-0.15, -0.1) is 5.10 Å². The lowest BCUT2D eigenvalue weighted by Crippen LogP contribution is -2.29. The fraction of sp³-hybridized carbons (Fsp3) is 0.522. The van der Waals surface area contributed by atoms with E-state index in [1.54, 1.807) is 30.5 Å². The third kappa shape index (κ3) is 5.20. The van der Waals surface area contributed by atoms with Crippen molar-refractivity contribution < 1.29 is 19.0 Å². The van der Waals surface area contributed by atoms with Crippen LogP contribution < -0.4 is 14.8 Å². The van der Waals surface area contributed by atoms with Gasteiger partial charge >= 0.3 is 5.97 Å². The summed E-state index contributed by atoms with van der Waals surface area (Å²) in [5, 5.41) is 8.63. The molecule has 2 heterocycles. The molecule has 1 aliphatic heterocycles. The Balaban J connectivity index is 2.07. The molecule has 9 heteroatoms. The number of nitrogens with one attached hydrogen (secondary N) is 1. The van der Waals surface area contributed by atoms with Crippen molar-refractivity contribution in [1.29, 1.82) is 0 Å². The van der Waals surface area contributed by atoms with Gasteiger partial charge in [0, 0.05) is 11.4 Å². The van der Waals surface area contributed by atoms with Gasteiger partial charge in [0.05, 0.1) is 25.4 Å². The van der Waals surface area contributed by atoms with Crippen molar-refractivity contribution in [2.24, 2.45) is 0 Å². The maximum Gasteiger partial charge on any atom is 0.338 e. The van der Waals surface area contributed by atoms with Gasteiger partial charge in [0.25, 0.3) is 0 Å². The maximum atomic E-state index is 12.9. The highest BCUT2D eigenvalue weighted by Gasteiger charge is 2.35. The van der Waals surface area contributed by atoms with Crippen LogP contribution in [0.15, 0.2) is 34.6 Å². The lowest BCUT2D eigenvalue weighted by molar-refractivity contribution is -0.139. The van der Waals surface area contributed by atoms with Crippen LogP contribution in [0.1, 0.15) is 59.1 Å². The summed E-state index contributed by atoms with van der Waals surface area (Å²) in [6.45, 7) is 10.0. The number of methoxy groups -OCH3 is 1. The second-order valence-corrected chi connectivity index (χ2v) is 8.79. The molecule has 1 aliphatic rings. The molecule has 174 valence electrons. The third-order valence-electron chi connectivity index (χ3n) is 4.92. The van der Waals surface area contributed by atoms with Gasteiger partial charge < -0.3 is 19.5 Å². The van der Waals surface area contributed by atoms with Gasteiger partial charge in [-0.1, -0.05) is 31.2 Å². The Labute approximate surface area is 193 Å². The highest BCUT2D eigenvalue weighted by Crippen LogP contribution is 2.40. The number of nitrogens with zero attached hydrogens (tertiary/aromatic N) is 3. The Morgan fingerprint density at radius 3 is 2.72 bits per heavy atom. The van der Waals surface area contributed by atoms with Crippen LogP contribution in [0.25, 0.3) is 0 Å². The number of thioether (sulfide) groups is 1. The summed E-state index contributed by atoms with van der Waals surface area (Å²) in [6.07, 6.45) is 2.21.